The molecule has 1 fully saturated rings. The number of carbonyl (C=O) groups excluding carboxylic acids is 1. The number of halogens is 1. The van der Waals surface area contributed by atoms with Crippen molar-refractivity contribution in [3.8, 4) is 5.75 Å². The topological polar surface area (TPSA) is 38.3 Å². The van der Waals surface area contributed by atoms with Gasteiger partial charge in [0.25, 0.3) is 0 Å². The summed E-state index contributed by atoms with van der Waals surface area (Å²) in [5.74, 6) is 1.29. The highest BCUT2D eigenvalue weighted by atomic mass is 35.5. The Balaban J connectivity index is 1.53. The number of amides is 1. The smallest absolute Gasteiger partial charge is 0.223 e. The Kier molecular flexibility index (Phi) is 5.10. The van der Waals surface area contributed by atoms with E-state index in [0.29, 0.717) is 6.54 Å². The monoisotopic (exact) mass is 343 g/mol. The molecule has 0 bridgehead atoms. The van der Waals surface area contributed by atoms with Gasteiger partial charge in [0.05, 0.1) is 7.11 Å². The summed E-state index contributed by atoms with van der Waals surface area (Å²) >= 11 is 6.22. The highest BCUT2D eigenvalue weighted by Gasteiger charge is 2.44. The summed E-state index contributed by atoms with van der Waals surface area (Å²) in [6, 6.07) is 13.9. The van der Waals surface area contributed by atoms with Gasteiger partial charge >= 0.3 is 0 Å². The molecule has 2 aromatic rings. The van der Waals surface area contributed by atoms with Gasteiger partial charge in [0.1, 0.15) is 5.75 Å². The molecular formula is C20H22ClNO2. The molecule has 1 N–H and O–H groups in total. The van der Waals surface area contributed by atoms with E-state index in [9.17, 15) is 4.79 Å². The standard InChI is InChI=1S/C20H22ClNO2/c1-13-7-8-19(24-2)14(11-13)9-10-22-20(23)17-12-16(17)15-5-3-4-6-18(15)21/h3-8,11,16-17H,9-10,12H2,1-2H3,(H,22,23). The molecule has 0 spiro atoms. The van der Waals surface area contributed by atoms with Crippen LogP contribution in [-0.4, -0.2) is 19.6 Å². The third-order valence-electron chi connectivity index (χ3n) is 4.56. The van der Waals surface area contributed by atoms with Crippen molar-refractivity contribution < 1.29 is 9.53 Å². The summed E-state index contributed by atoms with van der Waals surface area (Å²) in [4.78, 5) is 12.3. The first-order valence-corrected chi connectivity index (χ1v) is 8.63. The second-order valence-corrected chi connectivity index (χ2v) is 6.73. The summed E-state index contributed by atoms with van der Waals surface area (Å²) in [5.41, 5.74) is 3.40. The van der Waals surface area contributed by atoms with Crippen molar-refractivity contribution in [1.29, 1.82) is 0 Å². The molecule has 24 heavy (non-hydrogen) atoms. The van der Waals surface area contributed by atoms with Crippen LogP contribution in [0.4, 0.5) is 0 Å². The van der Waals surface area contributed by atoms with Gasteiger partial charge in [-0.1, -0.05) is 47.5 Å². The van der Waals surface area contributed by atoms with Crippen molar-refractivity contribution in [3.63, 3.8) is 0 Å². The van der Waals surface area contributed by atoms with E-state index >= 15 is 0 Å². The van der Waals surface area contributed by atoms with Gasteiger partial charge in [-0.15, -0.1) is 0 Å². The van der Waals surface area contributed by atoms with Crippen LogP contribution in [0.2, 0.25) is 5.02 Å². The minimum Gasteiger partial charge on any atom is -0.496 e. The van der Waals surface area contributed by atoms with Crippen molar-refractivity contribution in [2.75, 3.05) is 13.7 Å². The molecule has 0 aliphatic heterocycles. The van der Waals surface area contributed by atoms with E-state index in [4.69, 9.17) is 16.3 Å². The van der Waals surface area contributed by atoms with Gasteiger partial charge in [0, 0.05) is 17.5 Å². The number of rotatable bonds is 6. The normalized spacial score (nSPS) is 19.0. The van der Waals surface area contributed by atoms with Crippen LogP contribution in [-0.2, 0) is 11.2 Å². The fourth-order valence-electron chi connectivity index (χ4n) is 3.16. The van der Waals surface area contributed by atoms with Gasteiger partial charge in [-0.25, -0.2) is 0 Å². The fraction of sp³-hybridized carbons (Fsp3) is 0.350. The van der Waals surface area contributed by atoms with Crippen LogP contribution in [0.1, 0.15) is 29.0 Å². The van der Waals surface area contributed by atoms with Gasteiger partial charge < -0.3 is 10.1 Å². The van der Waals surface area contributed by atoms with Crippen LogP contribution in [0.15, 0.2) is 42.5 Å². The average molecular weight is 344 g/mol. The molecule has 4 heteroatoms. The molecule has 0 aromatic heterocycles. The van der Waals surface area contributed by atoms with Crippen molar-refractivity contribution >= 4 is 17.5 Å². The molecule has 126 valence electrons. The number of hydrogen-bond donors (Lipinski definition) is 1. The van der Waals surface area contributed by atoms with E-state index in [1.165, 1.54) is 5.56 Å². The van der Waals surface area contributed by atoms with Gasteiger partial charge in [-0.2, -0.15) is 0 Å². The van der Waals surface area contributed by atoms with Crippen molar-refractivity contribution in [2.24, 2.45) is 5.92 Å². The Bertz CT molecular complexity index is 744. The highest BCUT2D eigenvalue weighted by Crippen LogP contribution is 2.49. The lowest BCUT2D eigenvalue weighted by Crippen LogP contribution is -2.27. The molecule has 3 rings (SSSR count). The molecule has 1 aliphatic carbocycles. The number of methoxy groups -OCH3 is 1. The van der Waals surface area contributed by atoms with Gasteiger partial charge in [-0.3, -0.25) is 4.79 Å². The first-order valence-electron chi connectivity index (χ1n) is 8.26. The Morgan fingerprint density at radius 3 is 2.83 bits per heavy atom. The second kappa shape index (κ2) is 7.27. The average Bonchev–Trinajstić information content (AvgIpc) is 3.36. The highest BCUT2D eigenvalue weighted by molar-refractivity contribution is 6.31. The van der Waals surface area contributed by atoms with E-state index in [1.54, 1.807) is 7.11 Å². The molecule has 0 saturated heterocycles. The molecule has 2 aromatic carbocycles. The van der Waals surface area contributed by atoms with E-state index < -0.39 is 0 Å². The predicted octanol–water partition coefficient (Wildman–Crippen LogP) is 4.12. The number of nitrogens with one attached hydrogen (secondary N) is 1. The van der Waals surface area contributed by atoms with Crippen molar-refractivity contribution in [3.05, 3.63) is 64.2 Å². The number of aryl methyl sites for hydroxylation is 1. The SMILES string of the molecule is COc1ccc(C)cc1CCNC(=O)C1CC1c1ccccc1Cl. The van der Waals surface area contributed by atoms with Crippen LogP contribution >= 0.6 is 11.6 Å². The Morgan fingerprint density at radius 1 is 1.29 bits per heavy atom. The van der Waals surface area contributed by atoms with Crippen LogP contribution < -0.4 is 10.1 Å². The van der Waals surface area contributed by atoms with Crippen molar-refractivity contribution in [1.82, 2.24) is 5.32 Å². The summed E-state index contributed by atoms with van der Waals surface area (Å²) < 4.78 is 5.38. The summed E-state index contributed by atoms with van der Waals surface area (Å²) in [7, 11) is 1.67. The van der Waals surface area contributed by atoms with Gasteiger partial charge in [-0.05, 0) is 48.9 Å². The maximum absolute atomic E-state index is 12.3. The summed E-state index contributed by atoms with van der Waals surface area (Å²) in [6.07, 6.45) is 1.64. The molecule has 0 heterocycles. The molecule has 1 aliphatic rings. The van der Waals surface area contributed by atoms with Crippen molar-refractivity contribution in [2.45, 2.75) is 25.7 Å². The second-order valence-electron chi connectivity index (χ2n) is 6.33. The minimum atomic E-state index is 0.0457. The molecule has 0 radical (unpaired) electrons. The van der Waals surface area contributed by atoms with E-state index in [2.05, 4.69) is 18.3 Å². The third kappa shape index (κ3) is 3.73. The molecular weight excluding hydrogens is 322 g/mol. The Morgan fingerprint density at radius 2 is 2.08 bits per heavy atom. The van der Waals surface area contributed by atoms with E-state index in [1.807, 2.05) is 36.4 Å². The lowest BCUT2D eigenvalue weighted by molar-refractivity contribution is -0.122. The number of ether oxygens (including phenoxy) is 1. The first kappa shape index (κ1) is 16.8. The minimum absolute atomic E-state index is 0.0457. The first-order chi connectivity index (χ1) is 11.6. The predicted molar refractivity (Wildman–Crippen MR) is 96.7 cm³/mol. The number of benzene rings is 2. The molecule has 1 saturated carbocycles. The Labute approximate surface area is 148 Å². The molecule has 2 atom stereocenters. The largest absolute Gasteiger partial charge is 0.496 e. The number of hydrogen-bond acceptors (Lipinski definition) is 2. The maximum Gasteiger partial charge on any atom is 0.223 e. The van der Waals surface area contributed by atoms with E-state index in [-0.39, 0.29) is 17.7 Å². The molecule has 2 unspecified atom stereocenters. The molecule has 1 amide bonds. The Hall–Kier alpha value is -2.00. The summed E-state index contributed by atoms with van der Waals surface area (Å²) in [6.45, 7) is 2.67. The van der Waals surface area contributed by atoms with Gasteiger partial charge in [0.2, 0.25) is 5.91 Å². The van der Waals surface area contributed by atoms with Crippen LogP contribution in [0.25, 0.3) is 0 Å². The van der Waals surface area contributed by atoms with Gasteiger partial charge in [0.15, 0.2) is 0 Å². The van der Waals surface area contributed by atoms with E-state index in [0.717, 1.165) is 34.7 Å². The third-order valence-corrected chi connectivity index (χ3v) is 4.91. The lowest BCUT2D eigenvalue weighted by atomic mass is 10.1. The van der Waals surface area contributed by atoms with Crippen LogP contribution in [0.3, 0.4) is 0 Å². The fourth-order valence-corrected chi connectivity index (χ4v) is 3.43. The molecule has 3 nitrogen and oxygen atoms in total. The quantitative estimate of drug-likeness (QED) is 0.856. The lowest BCUT2D eigenvalue weighted by Gasteiger charge is -2.10. The van der Waals surface area contributed by atoms with Crippen LogP contribution in [0.5, 0.6) is 5.75 Å². The summed E-state index contributed by atoms with van der Waals surface area (Å²) in [5, 5.41) is 3.80. The maximum atomic E-state index is 12.3. The number of carbonyl (C=O) groups is 1. The zero-order valence-electron chi connectivity index (χ0n) is 14.0. The zero-order valence-corrected chi connectivity index (χ0v) is 14.8. The zero-order chi connectivity index (χ0) is 17.1. The van der Waals surface area contributed by atoms with Crippen LogP contribution in [0, 0.1) is 12.8 Å².